The first kappa shape index (κ1) is 23.2. The Hall–Kier alpha value is -3.99. The van der Waals surface area contributed by atoms with Crippen molar-refractivity contribution in [1.29, 1.82) is 5.26 Å². The first-order valence-electron chi connectivity index (χ1n) is 11.3. The molecule has 1 aliphatic heterocycles. The van der Waals surface area contributed by atoms with Crippen LogP contribution in [0, 0.1) is 11.3 Å². The number of carbonyl (C=O) groups is 1. The van der Waals surface area contributed by atoms with Gasteiger partial charge in [-0.15, -0.1) is 0 Å². The second-order valence-electron chi connectivity index (χ2n) is 9.33. The number of amides is 1. The van der Waals surface area contributed by atoms with E-state index in [0.29, 0.717) is 35.9 Å². The third kappa shape index (κ3) is 5.15. The molecule has 1 aliphatic rings. The van der Waals surface area contributed by atoms with Crippen molar-refractivity contribution in [2.24, 2.45) is 0 Å². The fraction of sp³-hybridized carbons (Fsp3) is 0.346. The minimum atomic E-state index is -0.563. The summed E-state index contributed by atoms with van der Waals surface area (Å²) in [5, 5.41) is 14.5. The minimum Gasteiger partial charge on any atom is -0.457 e. The molecule has 1 fully saturated rings. The Kier molecular flexibility index (Phi) is 6.46. The number of para-hydroxylation sites is 1. The van der Waals surface area contributed by atoms with Crippen LogP contribution in [0.3, 0.4) is 0 Å². The van der Waals surface area contributed by atoms with Gasteiger partial charge in [0.05, 0.1) is 6.04 Å². The van der Waals surface area contributed by atoms with Crippen LogP contribution < -0.4 is 10.5 Å². The van der Waals surface area contributed by atoms with E-state index in [1.807, 2.05) is 75.4 Å². The van der Waals surface area contributed by atoms with Crippen LogP contribution in [0.1, 0.15) is 45.2 Å². The summed E-state index contributed by atoms with van der Waals surface area (Å²) in [7, 11) is 0. The Bertz CT molecular complexity index is 1190. The summed E-state index contributed by atoms with van der Waals surface area (Å²) in [4.78, 5) is 14.2. The molecule has 1 aromatic heterocycles. The summed E-state index contributed by atoms with van der Waals surface area (Å²) >= 11 is 0. The molecule has 0 bridgehead atoms. The molecule has 2 aromatic carbocycles. The van der Waals surface area contributed by atoms with Gasteiger partial charge < -0.3 is 20.1 Å². The van der Waals surface area contributed by atoms with E-state index in [1.165, 1.54) is 0 Å². The smallest absolute Gasteiger partial charge is 0.410 e. The van der Waals surface area contributed by atoms with Crippen molar-refractivity contribution < 1.29 is 14.3 Å². The molecule has 8 nitrogen and oxygen atoms in total. The molecule has 1 saturated heterocycles. The fourth-order valence-electron chi connectivity index (χ4n) is 3.99. The van der Waals surface area contributed by atoms with Gasteiger partial charge in [0.2, 0.25) is 0 Å². The SMILES string of the molecule is CC(C)(C)OC(=O)N1CCCC(n2nc(-c3ccc(Oc4ccccc4)cc3)c(C#N)c2N)C1. The Morgan fingerprint density at radius 2 is 1.79 bits per heavy atom. The Morgan fingerprint density at radius 1 is 1.12 bits per heavy atom. The quantitative estimate of drug-likeness (QED) is 0.562. The molecule has 0 aliphatic carbocycles. The molecule has 1 amide bonds. The molecule has 0 radical (unpaired) electrons. The lowest BCUT2D eigenvalue weighted by Gasteiger charge is -2.34. The van der Waals surface area contributed by atoms with Gasteiger partial charge in [0.1, 0.15) is 40.2 Å². The lowest BCUT2D eigenvalue weighted by atomic mass is 10.1. The van der Waals surface area contributed by atoms with Crippen LogP contribution in [0.2, 0.25) is 0 Å². The molecule has 0 saturated carbocycles. The number of carbonyl (C=O) groups excluding carboxylic acids is 1. The molecule has 2 heterocycles. The lowest BCUT2D eigenvalue weighted by molar-refractivity contribution is 0.0168. The van der Waals surface area contributed by atoms with Crippen LogP contribution in [0.25, 0.3) is 11.3 Å². The van der Waals surface area contributed by atoms with Gasteiger partial charge in [0.25, 0.3) is 0 Å². The largest absolute Gasteiger partial charge is 0.457 e. The Labute approximate surface area is 199 Å². The number of aromatic nitrogens is 2. The van der Waals surface area contributed by atoms with Crippen LogP contribution in [-0.4, -0.2) is 39.5 Å². The predicted octanol–water partition coefficient (Wildman–Crippen LogP) is 5.37. The summed E-state index contributed by atoms with van der Waals surface area (Å²) < 4.78 is 13.1. The number of piperidine rings is 1. The highest BCUT2D eigenvalue weighted by molar-refractivity contribution is 5.73. The van der Waals surface area contributed by atoms with Gasteiger partial charge >= 0.3 is 6.09 Å². The number of nitrogens with zero attached hydrogens (tertiary/aromatic N) is 4. The Morgan fingerprint density at radius 3 is 2.44 bits per heavy atom. The number of nitrogen functional groups attached to an aromatic ring is 1. The normalized spacial score (nSPS) is 16.1. The highest BCUT2D eigenvalue weighted by Crippen LogP contribution is 2.33. The van der Waals surface area contributed by atoms with Gasteiger partial charge in [0, 0.05) is 18.7 Å². The molecule has 2 N–H and O–H groups in total. The van der Waals surface area contributed by atoms with Crippen LogP contribution in [-0.2, 0) is 4.74 Å². The third-order valence-corrected chi connectivity index (χ3v) is 5.56. The number of rotatable bonds is 4. The van der Waals surface area contributed by atoms with Gasteiger partial charge in [-0.3, -0.25) is 0 Å². The van der Waals surface area contributed by atoms with Crippen molar-refractivity contribution >= 4 is 11.9 Å². The standard InChI is InChI=1S/C26H29N5O3/c1-26(2,3)34-25(32)30-15-7-8-19(17-30)31-24(28)22(16-27)23(29-31)18-11-13-21(14-12-18)33-20-9-5-4-6-10-20/h4-6,9-14,19H,7-8,15,17,28H2,1-3H3. The van der Waals surface area contributed by atoms with E-state index in [4.69, 9.17) is 20.3 Å². The Balaban J connectivity index is 1.55. The van der Waals surface area contributed by atoms with E-state index < -0.39 is 5.60 Å². The molecule has 1 unspecified atom stereocenters. The third-order valence-electron chi connectivity index (χ3n) is 5.56. The van der Waals surface area contributed by atoms with Gasteiger partial charge in [-0.05, 0) is 70.0 Å². The molecular formula is C26H29N5O3. The summed E-state index contributed by atoms with van der Waals surface area (Å²) in [6.45, 7) is 6.58. The van der Waals surface area contributed by atoms with E-state index in [0.717, 1.165) is 24.2 Å². The van der Waals surface area contributed by atoms with E-state index in [2.05, 4.69) is 6.07 Å². The zero-order chi connectivity index (χ0) is 24.3. The van der Waals surface area contributed by atoms with Crippen molar-refractivity contribution in [1.82, 2.24) is 14.7 Å². The number of nitrogens with two attached hydrogens (primary N) is 1. The maximum Gasteiger partial charge on any atom is 0.410 e. The summed E-state index contributed by atoms with van der Waals surface area (Å²) in [5.41, 5.74) is 7.40. The van der Waals surface area contributed by atoms with E-state index in [9.17, 15) is 10.1 Å². The van der Waals surface area contributed by atoms with Gasteiger partial charge in [-0.25, -0.2) is 9.48 Å². The molecule has 8 heteroatoms. The summed E-state index contributed by atoms with van der Waals surface area (Å²) in [5.74, 6) is 1.73. The molecule has 176 valence electrons. The number of benzene rings is 2. The highest BCUT2D eigenvalue weighted by atomic mass is 16.6. The zero-order valence-corrected chi connectivity index (χ0v) is 19.7. The van der Waals surface area contributed by atoms with Gasteiger partial charge in [-0.1, -0.05) is 18.2 Å². The molecule has 0 spiro atoms. The maximum absolute atomic E-state index is 12.6. The first-order chi connectivity index (χ1) is 16.2. The van der Waals surface area contributed by atoms with Crippen LogP contribution in [0.15, 0.2) is 54.6 Å². The number of hydrogen-bond donors (Lipinski definition) is 1. The molecular weight excluding hydrogens is 430 g/mol. The number of ether oxygens (including phenoxy) is 2. The van der Waals surface area contributed by atoms with Gasteiger partial charge in [-0.2, -0.15) is 10.4 Å². The topological polar surface area (TPSA) is 106 Å². The summed E-state index contributed by atoms with van der Waals surface area (Å²) in [6.07, 6.45) is 1.25. The average Bonchev–Trinajstić information content (AvgIpc) is 3.15. The number of hydrogen-bond acceptors (Lipinski definition) is 6. The molecule has 3 aromatic rings. The first-order valence-corrected chi connectivity index (χ1v) is 11.3. The van der Waals surface area contributed by atoms with E-state index in [1.54, 1.807) is 9.58 Å². The second kappa shape index (κ2) is 9.48. The maximum atomic E-state index is 12.6. The zero-order valence-electron chi connectivity index (χ0n) is 19.7. The number of nitriles is 1. The lowest BCUT2D eigenvalue weighted by Crippen LogP contribution is -2.43. The second-order valence-corrected chi connectivity index (χ2v) is 9.33. The van der Waals surface area contributed by atoms with Crippen molar-refractivity contribution in [3.63, 3.8) is 0 Å². The monoisotopic (exact) mass is 459 g/mol. The summed E-state index contributed by atoms with van der Waals surface area (Å²) in [6, 6.07) is 19.0. The average molecular weight is 460 g/mol. The van der Waals surface area contributed by atoms with Crippen molar-refractivity contribution in [3.8, 4) is 28.8 Å². The molecule has 4 rings (SSSR count). The van der Waals surface area contributed by atoms with Crippen LogP contribution >= 0.6 is 0 Å². The van der Waals surface area contributed by atoms with Crippen molar-refractivity contribution in [2.75, 3.05) is 18.8 Å². The fourth-order valence-corrected chi connectivity index (χ4v) is 3.99. The molecule has 1 atom stereocenters. The predicted molar refractivity (Wildman–Crippen MR) is 129 cm³/mol. The van der Waals surface area contributed by atoms with Gasteiger partial charge in [0.15, 0.2) is 0 Å². The number of likely N-dealkylation sites (tertiary alicyclic amines) is 1. The van der Waals surface area contributed by atoms with E-state index >= 15 is 0 Å². The molecule has 34 heavy (non-hydrogen) atoms. The van der Waals surface area contributed by atoms with E-state index in [-0.39, 0.29) is 12.1 Å². The van der Waals surface area contributed by atoms with Crippen LogP contribution in [0.4, 0.5) is 10.6 Å². The minimum absolute atomic E-state index is 0.136. The highest BCUT2D eigenvalue weighted by Gasteiger charge is 2.31. The van der Waals surface area contributed by atoms with Crippen LogP contribution in [0.5, 0.6) is 11.5 Å². The number of anilines is 1. The van der Waals surface area contributed by atoms with Crippen molar-refractivity contribution in [2.45, 2.75) is 45.3 Å². The van der Waals surface area contributed by atoms with Crippen molar-refractivity contribution in [3.05, 3.63) is 60.2 Å².